The molecule has 2 atom stereocenters. The highest BCUT2D eigenvalue weighted by molar-refractivity contribution is 6.31. The van der Waals surface area contributed by atoms with E-state index in [1.165, 1.54) is 18.2 Å². The van der Waals surface area contributed by atoms with Crippen LogP contribution in [0.1, 0.15) is 42.1 Å². The van der Waals surface area contributed by atoms with Gasteiger partial charge in [0, 0.05) is 55.9 Å². The van der Waals surface area contributed by atoms with E-state index in [9.17, 15) is 31.5 Å². The topological polar surface area (TPSA) is 76.7 Å². The average molecular weight is 602 g/mol. The van der Waals surface area contributed by atoms with Gasteiger partial charge in [0.15, 0.2) is 11.6 Å². The third-order valence-corrected chi connectivity index (χ3v) is 7.76. The third kappa shape index (κ3) is 8.08. The predicted molar refractivity (Wildman–Crippen MR) is 147 cm³/mol. The third-order valence-electron chi connectivity index (χ3n) is 7.52. The summed E-state index contributed by atoms with van der Waals surface area (Å²) in [5, 5.41) is 8.75. The molecule has 0 aromatic heterocycles. The smallest absolute Gasteiger partial charge is 0.367 e. The Morgan fingerprint density at radius 3 is 2.59 bits per heavy atom. The minimum Gasteiger partial charge on any atom is -0.367 e. The van der Waals surface area contributed by atoms with Gasteiger partial charge < -0.3 is 20.9 Å². The summed E-state index contributed by atoms with van der Waals surface area (Å²) in [5.74, 6) is -3.92. The lowest BCUT2D eigenvalue weighted by Crippen LogP contribution is -2.52. The first-order valence-corrected chi connectivity index (χ1v) is 13.9. The second kappa shape index (κ2) is 13.3. The number of carbonyl (C=O) groups excluding carboxylic acids is 2. The summed E-state index contributed by atoms with van der Waals surface area (Å²) in [6.45, 7) is 3.99. The van der Waals surface area contributed by atoms with Gasteiger partial charge in [0.25, 0.3) is 5.91 Å². The molecule has 0 radical (unpaired) electrons. The summed E-state index contributed by atoms with van der Waals surface area (Å²) in [7, 11) is 0. The molecule has 3 N–H and O–H groups in total. The summed E-state index contributed by atoms with van der Waals surface area (Å²) in [6.07, 6.45) is -3.57. The van der Waals surface area contributed by atoms with Crippen molar-refractivity contribution in [2.45, 2.75) is 44.9 Å². The Balaban J connectivity index is 1.43. The summed E-state index contributed by atoms with van der Waals surface area (Å²) in [6, 6.07) is 6.90. The highest BCUT2D eigenvalue weighted by Crippen LogP contribution is 2.32. The Bertz CT molecular complexity index is 1260. The fraction of sp³-hybridized carbons (Fsp3) is 0.500. The maximum atomic E-state index is 15.0. The van der Waals surface area contributed by atoms with Gasteiger partial charge in [-0.05, 0) is 50.6 Å². The van der Waals surface area contributed by atoms with Crippen LogP contribution in [0, 0.1) is 17.6 Å². The number of piperazine rings is 1. The zero-order valence-corrected chi connectivity index (χ0v) is 23.3. The molecule has 1 unspecified atom stereocenters. The van der Waals surface area contributed by atoms with Crippen molar-refractivity contribution in [2.75, 3.05) is 49.5 Å². The number of alkyl halides is 3. The maximum Gasteiger partial charge on any atom is 0.390 e. The molecular formula is C28H33ClF5N5O2. The van der Waals surface area contributed by atoms with Gasteiger partial charge >= 0.3 is 6.18 Å². The first-order valence-electron chi connectivity index (χ1n) is 13.5. The lowest BCUT2D eigenvalue weighted by atomic mass is 9.98. The Labute approximate surface area is 240 Å². The Morgan fingerprint density at radius 2 is 1.90 bits per heavy atom. The number of halogens is 6. The van der Waals surface area contributed by atoms with Crippen LogP contribution < -0.4 is 20.9 Å². The molecule has 0 aliphatic carbocycles. The Kier molecular flexibility index (Phi) is 10.1. The van der Waals surface area contributed by atoms with Crippen LogP contribution in [0.4, 0.5) is 33.3 Å². The van der Waals surface area contributed by atoms with Crippen molar-refractivity contribution in [2.24, 2.45) is 5.92 Å². The molecule has 13 heteroatoms. The van der Waals surface area contributed by atoms with Crippen molar-refractivity contribution in [3.05, 3.63) is 58.1 Å². The molecule has 2 aliphatic rings. The lowest BCUT2D eigenvalue weighted by Gasteiger charge is -2.41. The SMILES string of the molecule is C[C@@H]1CN(c2cc(Cl)ccc2NC(=O)c2ccc(CNC(=O)C3CCCNC3)c(F)c2F)CCN1CCC(F)(F)F. The van der Waals surface area contributed by atoms with E-state index < -0.39 is 35.7 Å². The minimum absolute atomic E-state index is 0.0827. The molecule has 4 rings (SSSR count). The van der Waals surface area contributed by atoms with Crippen molar-refractivity contribution in [3.63, 3.8) is 0 Å². The van der Waals surface area contributed by atoms with Crippen LogP contribution >= 0.6 is 11.6 Å². The van der Waals surface area contributed by atoms with E-state index in [2.05, 4.69) is 16.0 Å². The molecule has 2 fully saturated rings. The number of benzene rings is 2. The fourth-order valence-electron chi connectivity index (χ4n) is 5.18. The summed E-state index contributed by atoms with van der Waals surface area (Å²) in [5.41, 5.74) is 0.221. The van der Waals surface area contributed by atoms with Gasteiger partial charge in [-0.1, -0.05) is 17.7 Å². The molecule has 2 aromatic rings. The van der Waals surface area contributed by atoms with Crippen LogP contribution in [0.5, 0.6) is 0 Å². The summed E-state index contributed by atoms with van der Waals surface area (Å²) >= 11 is 6.20. The van der Waals surface area contributed by atoms with Gasteiger partial charge in [0.05, 0.1) is 29.3 Å². The highest BCUT2D eigenvalue weighted by atomic mass is 35.5. The van der Waals surface area contributed by atoms with Crippen molar-refractivity contribution < 1.29 is 31.5 Å². The van der Waals surface area contributed by atoms with E-state index in [1.807, 2.05) is 11.8 Å². The van der Waals surface area contributed by atoms with E-state index in [1.54, 1.807) is 11.0 Å². The van der Waals surface area contributed by atoms with Gasteiger partial charge in [-0.15, -0.1) is 0 Å². The zero-order chi connectivity index (χ0) is 29.7. The standard InChI is InChI=1S/C28H33ClF5N5O2/c1-17-16-39(12-11-38(17)10-8-28(32,33)34)23-13-20(29)5-7-22(23)37-27(41)21-6-4-18(24(30)25(21)31)15-36-26(40)19-3-2-9-35-14-19/h4-7,13,17,19,35H,2-3,8-12,14-16H2,1H3,(H,36,40)(H,37,41)/t17-,19?/m1/s1. The number of carbonyl (C=O) groups is 2. The van der Waals surface area contributed by atoms with E-state index >= 15 is 0 Å². The normalized spacial score (nSPS) is 20.1. The first-order chi connectivity index (χ1) is 19.4. The van der Waals surface area contributed by atoms with E-state index in [0.29, 0.717) is 49.0 Å². The number of hydrogen-bond donors (Lipinski definition) is 3. The number of hydrogen-bond acceptors (Lipinski definition) is 5. The second-order valence-corrected chi connectivity index (χ2v) is 10.9. The first kappa shape index (κ1) is 31.0. The number of anilines is 2. The van der Waals surface area contributed by atoms with Gasteiger partial charge in [-0.3, -0.25) is 14.5 Å². The predicted octanol–water partition coefficient (Wildman–Crippen LogP) is 4.95. The molecule has 2 saturated heterocycles. The van der Waals surface area contributed by atoms with E-state index in [4.69, 9.17) is 11.6 Å². The van der Waals surface area contributed by atoms with Crippen LogP contribution in [0.15, 0.2) is 30.3 Å². The zero-order valence-electron chi connectivity index (χ0n) is 22.6. The van der Waals surface area contributed by atoms with Crippen LogP contribution in [0.3, 0.4) is 0 Å². The summed E-state index contributed by atoms with van der Waals surface area (Å²) in [4.78, 5) is 29.0. The number of nitrogens with one attached hydrogen (secondary N) is 3. The van der Waals surface area contributed by atoms with Crippen LogP contribution in [-0.4, -0.2) is 68.2 Å². The molecule has 0 spiro atoms. The lowest BCUT2D eigenvalue weighted by molar-refractivity contribution is -0.139. The van der Waals surface area contributed by atoms with Gasteiger partial charge in [-0.25, -0.2) is 8.78 Å². The molecule has 41 heavy (non-hydrogen) atoms. The molecule has 0 saturated carbocycles. The molecule has 2 amide bonds. The van der Waals surface area contributed by atoms with Crippen LogP contribution in [-0.2, 0) is 11.3 Å². The van der Waals surface area contributed by atoms with Crippen molar-refractivity contribution in [3.8, 4) is 0 Å². The molecule has 224 valence electrons. The average Bonchev–Trinajstić information content (AvgIpc) is 2.93. The number of amides is 2. The largest absolute Gasteiger partial charge is 0.390 e. The van der Waals surface area contributed by atoms with Crippen LogP contribution in [0.2, 0.25) is 5.02 Å². The molecule has 2 aliphatic heterocycles. The number of nitrogens with zero attached hydrogens (tertiary/aromatic N) is 2. The number of piperidine rings is 1. The molecule has 7 nitrogen and oxygen atoms in total. The molecular weight excluding hydrogens is 569 g/mol. The molecule has 2 aromatic carbocycles. The van der Waals surface area contributed by atoms with Crippen molar-refractivity contribution in [1.29, 1.82) is 0 Å². The van der Waals surface area contributed by atoms with E-state index in [0.717, 1.165) is 19.0 Å². The monoisotopic (exact) mass is 601 g/mol. The highest BCUT2D eigenvalue weighted by Gasteiger charge is 2.32. The Hall–Kier alpha value is -2.96. The summed E-state index contributed by atoms with van der Waals surface area (Å²) < 4.78 is 67.9. The van der Waals surface area contributed by atoms with Gasteiger partial charge in [0.2, 0.25) is 5.91 Å². The van der Waals surface area contributed by atoms with Gasteiger partial charge in [-0.2, -0.15) is 13.2 Å². The molecule has 0 bridgehead atoms. The minimum atomic E-state index is -4.24. The number of rotatable bonds is 8. The fourth-order valence-corrected chi connectivity index (χ4v) is 5.35. The van der Waals surface area contributed by atoms with Crippen molar-refractivity contribution in [1.82, 2.24) is 15.5 Å². The Morgan fingerprint density at radius 1 is 1.12 bits per heavy atom. The van der Waals surface area contributed by atoms with Crippen LogP contribution in [0.25, 0.3) is 0 Å². The quantitative estimate of drug-likeness (QED) is 0.374. The maximum absolute atomic E-state index is 15.0. The van der Waals surface area contributed by atoms with E-state index in [-0.39, 0.29) is 36.5 Å². The van der Waals surface area contributed by atoms with Crippen molar-refractivity contribution >= 4 is 34.8 Å². The van der Waals surface area contributed by atoms with Gasteiger partial charge in [0.1, 0.15) is 0 Å². The molecule has 2 heterocycles. The second-order valence-electron chi connectivity index (χ2n) is 10.5.